The van der Waals surface area contributed by atoms with Gasteiger partial charge in [0.15, 0.2) is 0 Å². The van der Waals surface area contributed by atoms with Gasteiger partial charge < -0.3 is 4.74 Å². The van der Waals surface area contributed by atoms with Crippen molar-refractivity contribution in [2.45, 2.75) is 62.4 Å². The number of ether oxygens (including phenoxy) is 1. The number of aryl methyl sites for hydroxylation is 1. The summed E-state index contributed by atoms with van der Waals surface area (Å²) in [5, 5.41) is 0. The molecule has 0 bridgehead atoms. The molecule has 0 unspecified atom stereocenters. The lowest BCUT2D eigenvalue weighted by atomic mass is 9.83. The molecule has 3 rings (SSSR count). The SMILES string of the molecule is COc1ccccc1[C@H]1CCCCCC[C@@H]1OS(=O)(=O)c1ccc(C)cc1. The van der Waals surface area contributed by atoms with E-state index in [0.717, 1.165) is 49.0 Å². The maximum Gasteiger partial charge on any atom is 0.297 e. The van der Waals surface area contributed by atoms with Gasteiger partial charge >= 0.3 is 0 Å². The lowest BCUT2D eigenvalue weighted by Crippen LogP contribution is -2.27. The fraction of sp³-hybridized carbons (Fsp3) is 0.455. The molecule has 1 fully saturated rings. The second kappa shape index (κ2) is 8.89. The van der Waals surface area contributed by atoms with E-state index in [2.05, 4.69) is 0 Å². The normalized spacial score (nSPS) is 21.3. The number of para-hydroxylation sites is 1. The van der Waals surface area contributed by atoms with Crippen LogP contribution in [0, 0.1) is 6.92 Å². The van der Waals surface area contributed by atoms with Gasteiger partial charge in [-0.05, 0) is 43.5 Å². The van der Waals surface area contributed by atoms with Crippen molar-refractivity contribution < 1.29 is 17.3 Å². The molecule has 27 heavy (non-hydrogen) atoms. The number of hydrogen-bond acceptors (Lipinski definition) is 4. The summed E-state index contributed by atoms with van der Waals surface area (Å²) >= 11 is 0. The van der Waals surface area contributed by atoms with Crippen LogP contribution in [0.25, 0.3) is 0 Å². The fourth-order valence-electron chi connectivity index (χ4n) is 3.82. The van der Waals surface area contributed by atoms with E-state index in [9.17, 15) is 8.42 Å². The molecule has 0 aliphatic heterocycles. The summed E-state index contributed by atoms with van der Waals surface area (Å²) in [4.78, 5) is 0.217. The molecule has 0 amide bonds. The molecule has 0 saturated heterocycles. The maximum absolute atomic E-state index is 12.9. The van der Waals surface area contributed by atoms with Gasteiger partial charge in [-0.1, -0.05) is 61.6 Å². The lowest BCUT2D eigenvalue weighted by molar-refractivity contribution is 0.148. The largest absolute Gasteiger partial charge is 0.496 e. The Morgan fingerprint density at radius 3 is 2.26 bits per heavy atom. The molecular formula is C22H28O4S. The topological polar surface area (TPSA) is 52.6 Å². The zero-order valence-electron chi connectivity index (χ0n) is 16.1. The van der Waals surface area contributed by atoms with Crippen molar-refractivity contribution in [3.8, 4) is 5.75 Å². The minimum atomic E-state index is -3.81. The third-order valence-corrected chi connectivity index (χ3v) is 6.65. The van der Waals surface area contributed by atoms with Crippen LogP contribution in [-0.4, -0.2) is 21.6 Å². The second-order valence-electron chi connectivity index (χ2n) is 7.24. The van der Waals surface area contributed by atoms with E-state index < -0.39 is 10.1 Å². The highest BCUT2D eigenvalue weighted by atomic mass is 32.2. The number of rotatable bonds is 5. The standard InChI is InChI=1S/C22H28O4S/c1-17-13-15-18(16-14-17)27(23,24)26-22-12-6-4-3-5-9-20(22)19-10-7-8-11-21(19)25-2/h7-8,10-11,13-16,20,22H,3-6,9,12H2,1-2H3/t20-,22+/m1/s1. The minimum absolute atomic E-state index is 0.00155. The van der Waals surface area contributed by atoms with E-state index in [4.69, 9.17) is 8.92 Å². The fourth-order valence-corrected chi connectivity index (χ4v) is 4.95. The van der Waals surface area contributed by atoms with Crippen LogP contribution in [0.3, 0.4) is 0 Å². The van der Waals surface area contributed by atoms with Crippen LogP contribution in [0.15, 0.2) is 53.4 Å². The molecule has 2 aromatic carbocycles. The Labute approximate surface area is 162 Å². The van der Waals surface area contributed by atoms with Gasteiger partial charge in [0.25, 0.3) is 10.1 Å². The van der Waals surface area contributed by atoms with Gasteiger partial charge in [-0.15, -0.1) is 0 Å². The number of benzene rings is 2. The van der Waals surface area contributed by atoms with E-state index in [0.29, 0.717) is 0 Å². The molecule has 146 valence electrons. The van der Waals surface area contributed by atoms with Crippen LogP contribution < -0.4 is 4.74 Å². The first-order valence-corrected chi connectivity index (χ1v) is 11.0. The second-order valence-corrected chi connectivity index (χ2v) is 8.81. The predicted octanol–water partition coefficient (Wildman–Crippen LogP) is 5.22. The summed E-state index contributed by atoms with van der Waals surface area (Å²) in [6.45, 7) is 1.93. The minimum Gasteiger partial charge on any atom is -0.496 e. The summed E-state index contributed by atoms with van der Waals surface area (Å²) in [5.41, 5.74) is 2.05. The van der Waals surface area contributed by atoms with Crippen molar-refractivity contribution in [1.29, 1.82) is 0 Å². The van der Waals surface area contributed by atoms with Crippen LogP contribution in [0.1, 0.15) is 55.6 Å². The average molecular weight is 389 g/mol. The van der Waals surface area contributed by atoms with E-state index >= 15 is 0 Å². The zero-order valence-corrected chi connectivity index (χ0v) is 16.9. The third-order valence-electron chi connectivity index (χ3n) is 5.30. The van der Waals surface area contributed by atoms with Crippen LogP contribution >= 0.6 is 0 Å². The van der Waals surface area contributed by atoms with E-state index in [1.807, 2.05) is 31.2 Å². The molecular weight excluding hydrogens is 360 g/mol. The summed E-state index contributed by atoms with van der Waals surface area (Å²) < 4.78 is 37.1. The molecule has 0 N–H and O–H groups in total. The van der Waals surface area contributed by atoms with Crippen LogP contribution in [0.4, 0.5) is 0 Å². The zero-order chi connectivity index (χ0) is 19.3. The van der Waals surface area contributed by atoms with Crippen molar-refractivity contribution in [3.05, 3.63) is 59.7 Å². The van der Waals surface area contributed by atoms with E-state index in [1.165, 1.54) is 6.42 Å². The first kappa shape index (κ1) is 19.9. The predicted molar refractivity (Wildman–Crippen MR) is 107 cm³/mol. The van der Waals surface area contributed by atoms with E-state index in [-0.39, 0.29) is 16.9 Å². The van der Waals surface area contributed by atoms with Crippen molar-refractivity contribution in [2.24, 2.45) is 0 Å². The molecule has 4 nitrogen and oxygen atoms in total. The quantitative estimate of drug-likeness (QED) is 0.659. The van der Waals surface area contributed by atoms with Gasteiger partial charge in [0.2, 0.25) is 0 Å². The molecule has 1 saturated carbocycles. The summed E-state index contributed by atoms with van der Waals surface area (Å²) in [7, 11) is -2.15. The van der Waals surface area contributed by atoms with E-state index in [1.54, 1.807) is 31.4 Å². The summed E-state index contributed by atoms with van der Waals surface area (Å²) in [6.07, 6.45) is 5.56. The monoisotopic (exact) mass is 388 g/mol. The van der Waals surface area contributed by atoms with Gasteiger partial charge in [0, 0.05) is 5.92 Å². The first-order valence-electron chi connectivity index (χ1n) is 9.64. The van der Waals surface area contributed by atoms with Gasteiger partial charge in [-0.2, -0.15) is 8.42 Å². The number of methoxy groups -OCH3 is 1. The summed E-state index contributed by atoms with van der Waals surface area (Å²) in [5.74, 6) is 0.797. The molecule has 0 spiro atoms. The molecule has 0 heterocycles. The Balaban J connectivity index is 1.92. The molecule has 2 aromatic rings. The summed E-state index contributed by atoms with van der Waals surface area (Å²) in [6, 6.07) is 14.7. The Hall–Kier alpha value is -1.85. The Bertz CT molecular complexity index is 843. The molecule has 1 aliphatic carbocycles. The van der Waals surface area contributed by atoms with Crippen molar-refractivity contribution >= 4 is 10.1 Å². The van der Waals surface area contributed by atoms with Gasteiger partial charge in [0.1, 0.15) is 5.75 Å². The molecule has 0 radical (unpaired) electrons. The molecule has 5 heteroatoms. The first-order chi connectivity index (χ1) is 13.0. The lowest BCUT2D eigenvalue weighted by Gasteiger charge is -2.30. The highest BCUT2D eigenvalue weighted by molar-refractivity contribution is 7.86. The maximum atomic E-state index is 12.9. The van der Waals surface area contributed by atoms with Crippen LogP contribution in [-0.2, 0) is 14.3 Å². The Morgan fingerprint density at radius 2 is 1.56 bits per heavy atom. The van der Waals surface area contributed by atoms with Gasteiger partial charge in [0.05, 0.1) is 18.1 Å². The smallest absolute Gasteiger partial charge is 0.297 e. The van der Waals surface area contributed by atoms with Crippen LogP contribution in [0.2, 0.25) is 0 Å². The highest BCUT2D eigenvalue weighted by Gasteiger charge is 2.32. The number of hydrogen-bond donors (Lipinski definition) is 0. The highest BCUT2D eigenvalue weighted by Crippen LogP contribution is 2.38. The van der Waals surface area contributed by atoms with Gasteiger partial charge in [-0.25, -0.2) is 0 Å². The average Bonchev–Trinajstić information content (AvgIpc) is 2.64. The molecule has 0 aromatic heterocycles. The van der Waals surface area contributed by atoms with Crippen molar-refractivity contribution in [3.63, 3.8) is 0 Å². The van der Waals surface area contributed by atoms with Crippen molar-refractivity contribution in [2.75, 3.05) is 7.11 Å². The Kier molecular flexibility index (Phi) is 6.55. The van der Waals surface area contributed by atoms with Crippen LogP contribution in [0.5, 0.6) is 5.75 Å². The van der Waals surface area contributed by atoms with Gasteiger partial charge in [-0.3, -0.25) is 4.18 Å². The third kappa shape index (κ3) is 4.90. The molecule has 1 aliphatic rings. The molecule has 2 atom stereocenters. The Morgan fingerprint density at radius 1 is 0.889 bits per heavy atom. The van der Waals surface area contributed by atoms with Crippen molar-refractivity contribution in [1.82, 2.24) is 0 Å².